The molecular weight excluding hydrogens is 553 g/mol. The smallest absolute Gasteiger partial charge is 0.310 e. The van der Waals surface area contributed by atoms with Crippen molar-refractivity contribution in [3.63, 3.8) is 0 Å². The Morgan fingerprint density at radius 3 is 2.34 bits per heavy atom. The molecular formula is C38H52FNO4. The monoisotopic (exact) mass is 605 g/mol. The lowest BCUT2D eigenvalue weighted by molar-refractivity contribution is -0.195. The summed E-state index contributed by atoms with van der Waals surface area (Å²) in [5.41, 5.74) is 0.445. The summed E-state index contributed by atoms with van der Waals surface area (Å²) < 4.78 is 13.8. The van der Waals surface area contributed by atoms with Gasteiger partial charge in [-0.05, 0) is 115 Å². The average Bonchev–Trinajstić information content (AvgIpc) is 2.93. The van der Waals surface area contributed by atoms with E-state index in [0.29, 0.717) is 18.4 Å². The van der Waals surface area contributed by atoms with Crippen LogP contribution in [-0.2, 0) is 20.9 Å². The maximum Gasteiger partial charge on any atom is 0.310 e. The highest BCUT2D eigenvalue weighted by Crippen LogP contribution is 2.75. The van der Waals surface area contributed by atoms with Crippen molar-refractivity contribution in [2.24, 2.45) is 56.2 Å². The third kappa shape index (κ3) is 4.31. The van der Waals surface area contributed by atoms with Gasteiger partial charge in [-0.3, -0.25) is 14.4 Å². The molecule has 5 nitrogen and oxygen atoms in total. The number of rotatable bonds is 4. The van der Waals surface area contributed by atoms with Gasteiger partial charge in [0, 0.05) is 12.0 Å². The number of Topliss-reactive ketones (excluding diaryl/α,β-unsaturated/α-hetero) is 1. The Hall–Kier alpha value is -2.50. The van der Waals surface area contributed by atoms with E-state index < -0.39 is 22.7 Å². The number of aliphatic carboxylic acids is 1. The molecule has 0 heterocycles. The highest BCUT2D eigenvalue weighted by Gasteiger charge is 2.70. The number of carboxylic acid groups (broad SMARTS) is 1. The van der Waals surface area contributed by atoms with Crippen LogP contribution in [0.25, 0.3) is 0 Å². The number of allylic oxidation sites excluding steroid dienone is 2. The minimum Gasteiger partial charge on any atom is -0.481 e. The van der Waals surface area contributed by atoms with Crippen LogP contribution < -0.4 is 5.32 Å². The van der Waals surface area contributed by atoms with Crippen LogP contribution in [0.15, 0.2) is 35.9 Å². The molecule has 2 N–H and O–H groups in total. The molecule has 1 amide bonds. The Balaban J connectivity index is 1.35. The van der Waals surface area contributed by atoms with Gasteiger partial charge in [0.1, 0.15) is 5.82 Å². The lowest BCUT2D eigenvalue weighted by atomic mass is 9.33. The van der Waals surface area contributed by atoms with Gasteiger partial charge in [0.2, 0.25) is 5.91 Å². The van der Waals surface area contributed by atoms with Gasteiger partial charge in [-0.1, -0.05) is 72.2 Å². The molecule has 4 saturated carbocycles. The third-order valence-electron chi connectivity index (χ3n) is 14.5. The first-order chi connectivity index (χ1) is 20.4. The zero-order valence-electron chi connectivity index (χ0n) is 27.8. The summed E-state index contributed by atoms with van der Waals surface area (Å²) in [7, 11) is 0. The number of nitrogens with one attached hydrogen (secondary N) is 1. The molecule has 5 aliphatic carbocycles. The fraction of sp³-hybridized carbons (Fsp3) is 0.711. The minimum atomic E-state index is -0.745. The molecule has 240 valence electrons. The lowest BCUT2D eigenvalue weighted by Gasteiger charge is -2.70. The largest absolute Gasteiger partial charge is 0.481 e. The Bertz CT molecular complexity index is 1430. The number of benzene rings is 1. The van der Waals surface area contributed by atoms with Crippen molar-refractivity contribution < 1.29 is 23.9 Å². The van der Waals surface area contributed by atoms with E-state index in [2.05, 4.69) is 46.0 Å². The van der Waals surface area contributed by atoms with E-state index >= 15 is 0 Å². The summed E-state index contributed by atoms with van der Waals surface area (Å²) in [6.07, 6.45) is 9.96. The first-order valence-electron chi connectivity index (χ1n) is 16.9. The highest BCUT2D eigenvalue weighted by molar-refractivity contribution is 6.04. The third-order valence-corrected chi connectivity index (χ3v) is 14.5. The van der Waals surface area contributed by atoms with Crippen LogP contribution in [0, 0.1) is 62.0 Å². The summed E-state index contributed by atoms with van der Waals surface area (Å²) in [6, 6.07) is 6.21. The molecule has 0 saturated heterocycles. The number of carboxylic acids is 1. The van der Waals surface area contributed by atoms with E-state index in [1.165, 1.54) is 17.7 Å². The van der Waals surface area contributed by atoms with E-state index in [-0.39, 0.29) is 63.5 Å². The fourth-order valence-electron chi connectivity index (χ4n) is 11.8. The second kappa shape index (κ2) is 10.00. The first kappa shape index (κ1) is 31.5. The van der Waals surface area contributed by atoms with E-state index in [4.69, 9.17) is 0 Å². The number of halogens is 1. The molecule has 4 unspecified atom stereocenters. The van der Waals surface area contributed by atoms with Gasteiger partial charge < -0.3 is 10.4 Å². The van der Waals surface area contributed by atoms with Crippen molar-refractivity contribution in [1.29, 1.82) is 0 Å². The Morgan fingerprint density at radius 1 is 0.955 bits per heavy atom. The predicted octanol–water partition coefficient (Wildman–Crippen LogP) is 8.12. The van der Waals surface area contributed by atoms with Gasteiger partial charge in [-0.25, -0.2) is 4.39 Å². The molecule has 6 heteroatoms. The highest BCUT2D eigenvalue weighted by atomic mass is 19.1. The van der Waals surface area contributed by atoms with Gasteiger partial charge in [0.05, 0.1) is 11.3 Å². The van der Waals surface area contributed by atoms with Crippen molar-refractivity contribution in [1.82, 2.24) is 5.32 Å². The van der Waals surface area contributed by atoms with E-state index in [1.807, 2.05) is 13.8 Å². The molecule has 4 fully saturated rings. The van der Waals surface area contributed by atoms with Crippen LogP contribution in [0.4, 0.5) is 4.39 Å². The second-order valence-corrected chi connectivity index (χ2v) is 17.4. The number of carbonyl (C=O) groups is 3. The summed E-state index contributed by atoms with van der Waals surface area (Å²) >= 11 is 0. The normalized spacial score (nSPS) is 42.1. The molecule has 0 aromatic heterocycles. The van der Waals surface area contributed by atoms with Crippen molar-refractivity contribution >= 4 is 17.7 Å². The number of carbonyl (C=O) groups excluding carboxylic acids is 2. The number of amides is 1. The van der Waals surface area contributed by atoms with Crippen LogP contribution in [0.1, 0.15) is 112 Å². The number of hydrogen-bond donors (Lipinski definition) is 2. The molecule has 0 bridgehead atoms. The predicted molar refractivity (Wildman–Crippen MR) is 169 cm³/mol. The summed E-state index contributed by atoms with van der Waals surface area (Å²) in [4.78, 5) is 40.7. The molecule has 8 atom stereocenters. The Labute approximate surface area is 262 Å². The quantitative estimate of drug-likeness (QED) is 0.268. The Kier molecular flexibility index (Phi) is 7.15. The van der Waals surface area contributed by atoms with Crippen molar-refractivity contribution in [2.75, 3.05) is 0 Å². The van der Waals surface area contributed by atoms with Crippen LogP contribution >= 0.6 is 0 Å². The molecule has 0 aliphatic heterocycles. The molecule has 1 aromatic rings. The van der Waals surface area contributed by atoms with Crippen LogP contribution in [0.3, 0.4) is 0 Å². The van der Waals surface area contributed by atoms with Gasteiger partial charge in [-0.2, -0.15) is 0 Å². The summed E-state index contributed by atoms with van der Waals surface area (Å²) in [5.74, 6) is -1.45. The Morgan fingerprint density at radius 2 is 1.66 bits per heavy atom. The SMILES string of the molecule is CC1(C)CC[C@]2(C(=O)O)CC[C@]3(C)C(=CCC4[C@@]5(C)CC(C(=O)NCc6cccc(F)c6)C(=O)C(C)(C)C5CC[C@]43C)C2C1. The summed E-state index contributed by atoms with van der Waals surface area (Å²) in [6.45, 7) is 16.1. The fourth-order valence-corrected chi connectivity index (χ4v) is 11.8. The van der Waals surface area contributed by atoms with Gasteiger partial charge in [0.25, 0.3) is 0 Å². The molecule has 6 rings (SSSR count). The van der Waals surface area contributed by atoms with E-state index in [0.717, 1.165) is 44.9 Å². The molecule has 5 aliphatic rings. The van der Waals surface area contributed by atoms with Crippen molar-refractivity contribution in [3.05, 3.63) is 47.3 Å². The second-order valence-electron chi connectivity index (χ2n) is 17.4. The number of ketones is 1. The average molecular weight is 606 g/mol. The lowest BCUT2D eigenvalue weighted by Crippen LogP contribution is -2.66. The summed E-state index contributed by atoms with van der Waals surface area (Å²) in [5, 5.41) is 13.6. The topological polar surface area (TPSA) is 83.5 Å². The van der Waals surface area contributed by atoms with Crippen LogP contribution in [0.2, 0.25) is 0 Å². The van der Waals surface area contributed by atoms with Crippen molar-refractivity contribution in [2.45, 2.75) is 113 Å². The number of hydrogen-bond acceptors (Lipinski definition) is 3. The van der Waals surface area contributed by atoms with Crippen LogP contribution in [-0.4, -0.2) is 22.8 Å². The van der Waals surface area contributed by atoms with E-state index in [1.54, 1.807) is 12.1 Å². The van der Waals surface area contributed by atoms with E-state index in [9.17, 15) is 23.9 Å². The first-order valence-corrected chi connectivity index (χ1v) is 16.9. The molecule has 1 aromatic carbocycles. The van der Waals surface area contributed by atoms with Crippen LogP contribution in [0.5, 0.6) is 0 Å². The van der Waals surface area contributed by atoms with Gasteiger partial charge in [0.15, 0.2) is 5.78 Å². The maximum absolute atomic E-state index is 14.0. The number of fused-ring (bicyclic) bond motifs is 7. The zero-order valence-corrected chi connectivity index (χ0v) is 27.8. The molecule has 0 spiro atoms. The van der Waals surface area contributed by atoms with Gasteiger partial charge in [-0.15, -0.1) is 0 Å². The molecule has 0 radical (unpaired) electrons. The minimum absolute atomic E-state index is 0.0203. The molecule has 44 heavy (non-hydrogen) atoms. The zero-order chi connectivity index (χ0) is 32.1. The maximum atomic E-state index is 14.0. The van der Waals surface area contributed by atoms with Gasteiger partial charge >= 0.3 is 5.97 Å². The standard InChI is InChI=1S/C38H52FNO4/c1-33(2)15-17-38(32(43)44)18-16-36(6)26(27(38)21-33)11-12-29-35(5)20-25(31(42)40-22-23-9-8-10-24(39)19-23)30(41)34(3,4)28(35)13-14-37(29,36)7/h8-11,19,25,27-29H,12-18,20-22H2,1-7H3,(H,40,42)(H,43,44)/t25?,27?,28?,29?,35-,36+,37+,38-/m0/s1. The van der Waals surface area contributed by atoms with Crippen molar-refractivity contribution in [3.8, 4) is 0 Å².